The number of anilines is 1. The van der Waals surface area contributed by atoms with Gasteiger partial charge < -0.3 is 9.64 Å². The van der Waals surface area contributed by atoms with Gasteiger partial charge in [0.25, 0.3) is 0 Å². The van der Waals surface area contributed by atoms with E-state index in [-0.39, 0.29) is 0 Å². The summed E-state index contributed by atoms with van der Waals surface area (Å²) in [6.07, 6.45) is 0. The molecule has 3 rings (SSSR count). The Morgan fingerprint density at radius 1 is 0.923 bits per heavy atom. The van der Waals surface area contributed by atoms with Crippen LogP contribution in [0.2, 0.25) is 0 Å². The highest BCUT2D eigenvalue weighted by molar-refractivity contribution is 7.89. The lowest BCUT2D eigenvalue weighted by Crippen LogP contribution is -2.49. The Hall–Kier alpha value is -2.05. The largest absolute Gasteiger partial charge is 0.494 e. The van der Waals surface area contributed by atoms with Crippen molar-refractivity contribution in [2.45, 2.75) is 25.7 Å². The number of hydrogen-bond acceptors (Lipinski definition) is 4. The summed E-state index contributed by atoms with van der Waals surface area (Å²) >= 11 is 0. The van der Waals surface area contributed by atoms with Crippen molar-refractivity contribution >= 4 is 15.7 Å². The zero-order valence-corrected chi connectivity index (χ0v) is 16.4. The molecule has 0 saturated carbocycles. The SMILES string of the molecule is CCOc1ccc(S(=O)(=O)N2CCN(c3c(C)cccc3C)CC2)cc1. The maximum Gasteiger partial charge on any atom is 0.243 e. The summed E-state index contributed by atoms with van der Waals surface area (Å²) < 4.78 is 32.8. The third-order valence-electron chi connectivity index (χ3n) is 4.77. The molecule has 5 nitrogen and oxygen atoms in total. The summed E-state index contributed by atoms with van der Waals surface area (Å²) in [4.78, 5) is 2.61. The van der Waals surface area contributed by atoms with Gasteiger partial charge in [-0.1, -0.05) is 18.2 Å². The van der Waals surface area contributed by atoms with Crippen molar-refractivity contribution in [1.82, 2.24) is 4.31 Å². The Bertz CT molecular complexity index is 835. The minimum Gasteiger partial charge on any atom is -0.494 e. The van der Waals surface area contributed by atoms with Gasteiger partial charge in [-0.3, -0.25) is 0 Å². The molecule has 0 aliphatic carbocycles. The van der Waals surface area contributed by atoms with Crippen molar-refractivity contribution in [3.05, 3.63) is 53.6 Å². The van der Waals surface area contributed by atoms with E-state index in [0.717, 1.165) is 0 Å². The van der Waals surface area contributed by atoms with Crippen molar-refractivity contribution in [2.75, 3.05) is 37.7 Å². The fourth-order valence-corrected chi connectivity index (χ4v) is 4.90. The quantitative estimate of drug-likeness (QED) is 0.806. The second-order valence-corrected chi connectivity index (χ2v) is 8.47. The normalized spacial score (nSPS) is 15.9. The number of ether oxygens (including phenoxy) is 1. The monoisotopic (exact) mass is 374 g/mol. The Balaban J connectivity index is 1.72. The smallest absolute Gasteiger partial charge is 0.243 e. The molecule has 1 fully saturated rings. The molecule has 0 bridgehead atoms. The molecule has 1 aliphatic rings. The predicted molar refractivity (Wildman–Crippen MR) is 104 cm³/mol. The molecule has 2 aromatic rings. The van der Waals surface area contributed by atoms with Gasteiger partial charge in [-0.2, -0.15) is 4.31 Å². The van der Waals surface area contributed by atoms with Gasteiger partial charge in [0.05, 0.1) is 11.5 Å². The minimum atomic E-state index is -3.47. The van der Waals surface area contributed by atoms with Gasteiger partial charge in [0.15, 0.2) is 0 Å². The molecule has 6 heteroatoms. The third kappa shape index (κ3) is 3.71. The molecular formula is C20H26N2O3S. The Morgan fingerprint density at radius 3 is 2.04 bits per heavy atom. The standard InChI is InChI=1S/C20H26N2O3S/c1-4-25-18-8-10-19(11-9-18)26(23,24)22-14-12-21(13-15-22)20-16(2)6-5-7-17(20)3/h5-11H,4,12-15H2,1-3H3. The summed E-state index contributed by atoms with van der Waals surface area (Å²) in [5.74, 6) is 0.686. The zero-order valence-electron chi connectivity index (χ0n) is 15.6. The predicted octanol–water partition coefficient (Wildman–Crippen LogP) is 3.21. The van der Waals surface area contributed by atoms with Crippen LogP contribution in [-0.4, -0.2) is 45.5 Å². The molecule has 0 atom stereocenters. The number of sulfonamides is 1. The van der Waals surface area contributed by atoms with Gasteiger partial charge in [0, 0.05) is 31.9 Å². The number of para-hydroxylation sites is 1. The first-order chi connectivity index (χ1) is 12.4. The first-order valence-electron chi connectivity index (χ1n) is 8.97. The highest BCUT2D eigenvalue weighted by Gasteiger charge is 2.29. The van der Waals surface area contributed by atoms with E-state index in [4.69, 9.17) is 4.74 Å². The zero-order chi connectivity index (χ0) is 18.7. The summed E-state index contributed by atoms with van der Waals surface area (Å²) in [6, 6.07) is 12.9. The number of benzene rings is 2. The second-order valence-electron chi connectivity index (χ2n) is 6.54. The maximum atomic E-state index is 12.9. The lowest BCUT2D eigenvalue weighted by atomic mass is 10.1. The van der Waals surface area contributed by atoms with Gasteiger partial charge in [-0.05, 0) is 56.2 Å². The summed E-state index contributed by atoms with van der Waals surface area (Å²) in [7, 11) is -3.47. The van der Waals surface area contributed by atoms with Crippen LogP contribution in [0.3, 0.4) is 0 Å². The summed E-state index contributed by atoms with van der Waals surface area (Å²) in [5.41, 5.74) is 3.69. The van der Waals surface area contributed by atoms with Gasteiger partial charge in [-0.15, -0.1) is 0 Å². The van der Waals surface area contributed by atoms with E-state index in [1.165, 1.54) is 16.8 Å². The molecule has 1 aliphatic heterocycles. The van der Waals surface area contributed by atoms with Crippen LogP contribution in [0, 0.1) is 13.8 Å². The number of piperazine rings is 1. The highest BCUT2D eigenvalue weighted by Crippen LogP contribution is 2.27. The van der Waals surface area contributed by atoms with Crippen molar-refractivity contribution in [3.63, 3.8) is 0 Å². The Morgan fingerprint density at radius 2 is 1.50 bits per heavy atom. The van der Waals surface area contributed by atoms with Crippen LogP contribution in [0.1, 0.15) is 18.1 Å². The average Bonchev–Trinajstić information content (AvgIpc) is 2.63. The van der Waals surface area contributed by atoms with Crippen molar-refractivity contribution in [1.29, 1.82) is 0 Å². The Kier molecular flexibility index (Phi) is 5.53. The molecular weight excluding hydrogens is 348 g/mol. The molecule has 1 saturated heterocycles. The molecule has 0 N–H and O–H groups in total. The van der Waals surface area contributed by atoms with Crippen LogP contribution < -0.4 is 9.64 Å². The number of aryl methyl sites for hydroxylation is 2. The fraction of sp³-hybridized carbons (Fsp3) is 0.400. The van der Waals surface area contributed by atoms with Gasteiger partial charge in [-0.25, -0.2) is 8.42 Å². The number of rotatable bonds is 5. The van der Waals surface area contributed by atoms with E-state index in [2.05, 4.69) is 36.9 Å². The van der Waals surface area contributed by atoms with E-state index >= 15 is 0 Å². The van der Waals surface area contributed by atoms with Crippen LogP contribution in [0.5, 0.6) is 5.75 Å². The van der Waals surface area contributed by atoms with Crippen LogP contribution in [0.25, 0.3) is 0 Å². The lowest BCUT2D eigenvalue weighted by Gasteiger charge is -2.36. The van der Waals surface area contributed by atoms with Gasteiger partial charge in [0.2, 0.25) is 10.0 Å². The van der Waals surface area contributed by atoms with Gasteiger partial charge >= 0.3 is 0 Å². The van der Waals surface area contributed by atoms with E-state index < -0.39 is 10.0 Å². The van der Waals surface area contributed by atoms with Crippen LogP contribution in [0.4, 0.5) is 5.69 Å². The second kappa shape index (κ2) is 7.68. The highest BCUT2D eigenvalue weighted by atomic mass is 32.2. The van der Waals surface area contributed by atoms with E-state index in [1.807, 2.05) is 6.92 Å². The fourth-order valence-electron chi connectivity index (χ4n) is 3.48. The van der Waals surface area contributed by atoms with E-state index in [1.54, 1.807) is 28.6 Å². The molecule has 0 aromatic heterocycles. The first-order valence-corrected chi connectivity index (χ1v) is 10.4. The number of nitrogens with zero attached hydrogens (tertiary/aromatic N) is 2. The third-order valence-corrected chi connectivity index (χ3v) is 6.68. The molecule has 140 valence electrons. The first kappa shape index (κ1) is 18.7. The Labute approximate surface area is 156 Å². The molecule has 0 radical (unpaired) electrons. The molecule has 0 unspecified atom stereocenters. The van der Waals surface area contributed by atoms with Crippen LogP contribution in [0.15, 0.2) is 47.4 Å². The van der Waals surface area contributed by atoms with E-state index in [0.29, 0.717) is 43.4 Å². The molecule has 1 heterocycles. The average molecular weight is 375 g/mol. The molecule has 26 heavy (non-hydrogen) atoms. The molecule has 0 spiro atoms. The summed E-state index contributed by atoms with van der Waals surface area (Å²) in [6.45, 7) is 9.04. The van der Waals surface area contributed by atoms with Crippen LogP contribution in [-0.2, 0) is 10.0 Å². The molecule has 2 aromatic carbocycles. The van der Waals surface area contributed by atoms with Crippen molar-refractivity contribution < 1.29 is 13.2 Å². The maximum absolute atomic E-state index is 12.9. The van der Waals surface area contributed by atoms with Crippen molar-refractivity contribution in [3.8, 4) is 5.75 Å². The van der Waals surface area contributed by atoms with E-state index in [9.17, 15) is 8.42 Å². The summed E-state index contributed by atoms with van der Waals surface area (Å²) in [5, 5.41) is 0. The van der Waals surface area contributed by atoms with Crippen molar-refractivity contribution in [2.24, 2.45) is 0 Å². The number of hydrogen-bond donors (Lipinski definition) is 0. The molecule has 0 amide bonds. The van der Waals surface area contributed by atoms with Crippen LogP contribution >= 0.6 is 0 Å². The lowest BCUT2D eigenvalue weighted by molar-refractivity contribution is 0.340. The minimum absolute atomic E-state index is 0.321. The van der Waals surface area contributed by atoms with Gasteiger partial charge in [0.1, 0.15) is 5.75 Å². The topological polar surface area (TPSA) is 49.9 Å².